The van der Waals surface area contributed by atoms with Crippen LogP contribution in [0.3, 0.4) is 0 Å². The summed E-state index contributed by atoms with van der Waals surface area (Å²) in [5.74, 6) is -7.91. The van der Waals surface area contributed by atoms with Crippen LogP contribution in [0.1, 0.15) is 24.1 Å². The first-order valence-electron chi connectivity index (χ1n) is 9.12. The number of hydrogen-bond acceptors (Lipinski definition) is 6. The average Bonchev–Trinajstić information content (AvgIpc) is 3.15. The molecule has 1 fully saturated rings. The molecule has 4 N–H and O–H groups in total. The summed E-state index contributed by atoms with van der Waals surface area (Å²) in [6.07, 6.45) is -8.46. The van der Waals surface area contributed by atoms with E-state index >= 15 is 0 Å². The van der Waals surface area contributed by atoms with Gasteiger partial charge in [-0.25, -0.2) is 9.36 Å². The van der Waals surface area contributed by atoms with Gasteiger partial charge in [-0.3, -0.25) is 4.79 Å². The van der Waals surface area contributed by atoms with Crippen LogP contribution >= 0.6 is 0 Å². The van der Waals surface area contributed by atoms with E-state index in [0.717, 1.165) is 25.6 Å². The first-order valence-corrected chi connectivity index (χ1v) is 9.12. The van der Waals surface area contributed by atoms with Crippen molar-refractivity contribution in [1.29, 1.82) is 5.26 Å². The summed E-state index contributed by atoms with van der Waals surface area (Å²) in [7, 11) is 0.737. The molecule has 0 bridgehead atoms. The molecule has 2 aromatic rings. The minimum atomic E-state index is -6.33. The predicted molar refractivity (Wildman–Crippen MR) is 96.9 cm³/mol. The second-order valence-corrected chi connectivity index (χ2v) is 7.31. The fourth-order valence-corrected chi connectivity index (χ4v) is 2.81. The number of rotatable bonds is 6. The van der Waals surface area contributed by atoms with Crippen LogP contribution in [-0.2, 0) is 23.9 Å². The van der Waals surface area contributed by atoms with Crippen LogP contribution in [0.15, 0.2) is 24.3 Å². The Bertz CT molecular complexity index is 1180. The lowest BCUT2D eigenvalue weighted by molar-refractivity contribution is -0.292. The largest absolute Gasteiger partial charge is 0.459 e. The molecule has 0 saturated heterocycles. The van der Waals surface area contributed by atoms with E-state index in [9.17, 15) is 39.9 Å². The van der Waals surface area contributed by atoms with Crippen LogP contribution in [0, 0.1) is 11.3 Å². The zero-order valence-electron chi connectivity index (χ0n) is 16.9. The highest BCUT2D eigenvalue weighted by Gasteiger charge is 2.64. The molecule has 17 heteroatoms. The molecule has 0 radical (unpaired) electrons. The Hall–Kier alpha value is -3.84. The SMILES string of the molecule is Cn1nc(C(F)(F)C(F)(F)F)c(C(F)(F)F)c1-n1cc(N/C=C(\N)C(=O)NC2(C#N)CC2)cn1. The average molecular weight is 498 g/mol. The van der Waals surface area contributed by atoms with Crippen LogP contribution in [0.5, 0.6) is 0 Å². The third kappa shape index (κ3) is 4.47. The molecule has 9 nitrogen and oxygen atoms in total. The van der Waals surface area contributed by atoms with Crippen LogP contribution < -0.4 is 16.4 Å². The van der Waals surface area contributed by atoms with Gasteiger partial charge in [0.05, 0.1) is 24.2 Å². The Morgan fingerprint density at radius 2 is 1.85 bits per heavy atom. The first-order chi connectivity index (χ1) is 15.5. The molecule has 1 amide bonds. The number of hydrogen-bond donors (Lipinski definition) is 3. The lowest BCUT2D eigenvalue weighted by Crippen LogP contribution is -2.38. The highest BCUT2D eigenvalue weighted by molar-refractivity contribution is 5.93. The molecule has 0 atom stereocenters. The van der Waals surface area contributed by atoms with Crippen LogP contribution in [0.2, 0.25) is 0 Å². The van der Waals surface area contributed by atoms with Gasteiger partial charge in [-0.1, -0.05) is 0 Å². The van der Waals surface area contributed by atoms with E-state index in [4.69, 9.17) is 11.0 Å². The van der Waals surface area contributed by atoms with Gasteiger partial charge >= 0.3 is 18.3 Å². The predicted octanol–water partition coefficient (Wildman–Crippen LogP) is 2.66. The molecule has 184 valence electrons. The topological polar surface area (TPSA) is 127 Å². The molecule has 0 aliphatic heterocycles. The molecule has 1 aliphatic carbocycles. The van der Waals surface area contributed by atoms with Gasteiger partial charge in [-0.05, 0) is 12.8 Å². The van der Waals surface area contributed by atoms with E-state index < -0.39 is 52.5 Å². The Labute approximate surface area is 184 Å². The van der Waals surface area contributed by atoms with E-state index in [0.29, 0.717) is 17.5 Å². The van der Waals surface area contributed by atoms with Crippen molar-refractivity contribution in [3.63, 3.8) is 0 Å². The van der Waals surface area contributed by atoms with Crippen molar-refractivity contribution in [1.82, 2.24) is 24.9 Å². The zero-order chi connectivity index (χ0) is 25.7. The molecule has 0 spiro atoms. The van der Waals surface area contributed by atoms with E-state index in [1.807, 2.05) is 6.07 Å². The van der Waals surface area contributed by atoms with Crippen LogP contribution in [0.25, 0.3) is 5.82 Å². The number of nitriles is 1. The van der Waals surface area contributed by atoms with E-state index in [2.05, 4.69) is 20.8 Å². The van der Waals surface area contributed by atoms with Crippen molar-refractivity contribution in [3.05, 3.63) is 35.5 Å². The summed E-state index contributed by atoms with van der Waals surface area (Å²) in [5.41, 5.74) is -0.801. The molecule has 0 unspecified atom stereocenters. The summed E-state index contributed by atoms with van der Waals surface area (Å²) in [6.45, 7) is 0. The monoisotopic (exact) mass is 498 g/mol. The third-order valence-corrected chi connectivity index (χ3v) is 4.73. The lowest BCUT2D eigenvalue weighted by atomic mass is 10.1. The number of aromatic nitrogens is 4. The van der Waals surface area contributed by atoms with E-state index in [-0.39, 0.29) is 10.4 Å². The number of anilines is 1. The molecule has 2 heterocycles. The summed E-state index contributed by atoms with van der Waals surface area (Å²) in [6, 6.07) is 1.91. The second-order valence-electron chi connectivity index (χ2n) is 7.31. The van der Waals surface area contributed by atoms with Crippen molar-refractivity contribution >= 4 is 11.6 Å². The van der Waals surface area contributed by atoms with Crippen molar-refractivity contribution < 1.29 is 39.9 Å². The third-order valence-electron chi connectivity index (χ3n) is 4.73. The summed E-state index contributed by atoms with van der Waals surface area (Å²) in [4.78, 5) is 12.0. The fraction of sp³-hybridized carbons (Fsp3) is 0.412. The maximum Gasteiger partial charge on any atom is 0.459 e. The fourth-order valence-electron chi connectivity index (χ4n) is 2.81. The van der Waals surface area contributed by atoms with Crippen molar-refractivity contribution in [2.75, 3.05) is 5.32 Å². The molecular formula is C17H14F8N8O. The molecule has 0 aromatic carbocycles. The number of nitrogens with one attached hydrogen (secondary N) is 2. The molecule has 3 rings (SSSR count). The van der Waals surface area contributed by atoms with Crippen LogP contribution in [-0.4, -0.2) is 37.2 Å². The molecular weight excluding hydrogens is 484 g/mol. The lowest BCUT2D eigenvalue weighted by Gasteiger charge is -2.19. The number of amides is 1. The minimum Gasteiger partial charge on any atom is -0.393 e. The van der Waals surface area contributed by atoms with Gasteiger partial charge in [0.15, 0.2) is 11.5 Å². The minimum absolute atomic E-state index is 0.101. The van der Waals surface area contributed by atoms with Gasteiger partial charge in [0.2, 0.25) is 0 Å². The number of nitrogens with two attached hydrogens (primary N) is 1. The highest BCUT2D eigenvalue weighted by atomic mass is 19.4. The number of alkyl halides is 8. The van der Waals surface area contributed by atoms with Gasteiger partial charge in [-0.2, -0.15) is 50.6 Å². The summed E-state index contributed by atoms with van der Waals surface area (Å²) in [5, 5.41) is 20.1. The Morgan fingerprint density at radius 1 is 1.24 bits per heavy atom. The number of carbonyl (C=O) groups excluding carboxylic acids is 1. The zero-order valence-corrected chi connectivity index (χ0v) is 16.9. The smallest absolute Gasteiger partial charge is 0.393 e. The van der Waals surface area contributed by atoms with Gasteiger partial charge in [-0.15, -0.1) is 0 Å². The van der Waals surface area contributed by atoms with Crippen molar-refractivity contribution in [2.45, 2.75) is 36.7 Å². The normalized spacial score (nSPS) is 16.2. The molecule has 1 aliphatic rings. The maximum atomic E-state index is 13.8. The number of halogens is 8. The van der Waals surface area contributed by atoms with Gasteiger partial charge in [0, 0.05) is 13.2 Å². The van der Waals surface area contributed by atoms with Gasteiger partial charge in [0.25, 0.3) is 5.91 Å². The van der Waals surface area contributed by atoms with Gasteiger partial charge in [0.1, 0.15) is 16.8 Å². The molecule has 2 aromatic heterocycles. The number of nitrogens with zero attached hydrogens (tertiary/aromatic N) is 5. The van der Waals surface area contributed by atoms with Crippen molar-refractivity contribution in [3.8, 4) is 11.9 Å². The summed E-state index contributed by atoms with van der Waals surface area (Å²) < 4.78 is 107. The Morgan fingerprint density at radius 3 is 2.35 bits per heavy atom. The summed E-state index contributed by atoms with van der Waals surface area (Å²) >= 11 is 0. The van der Waals surface area contributed by atoms with E-state index in [1.54, 1.807) is 0 Å². The Kier molecular flexibility index (Phi) is 5.75. The second kappa shape index (κ2) is 7.88. The quantitative estimate of drug-likeness (QED) is 0.415. The number of aryl methyl sites for hydroxylation is 1. The molecule has 34 heavy (non-hydrogen) atoms. The molecule has 1 saturated carbocycles. The highest BCUT2D eigenvalue weighted by Crippen LogP contribution is 2.49. The standard InChI is InChI=1S/C17H14F8N8O/c1-32-13(10(16(20,21)22)11(31-32)15(18,19)17(23,24)25)33-6-8(4-29-33)28-5-9(27)12(34)30-14(7-26)2-3-14/h4-6,28H,2-3,27H2,1H3,(H,30,34)/b9-5-. The van der Waals surface area contributed by atoms with Crippen LogP contribution in [0.4, 0.5) is 40.8 Å². The van der Waals surface area contributed by atoms with Crippen molar-refractivity contribution in [2.24, 2.45) is 12.8 Å². The Balaban J connectivity index is 1.92. The number of carbonyl (C=O) groups is 1. The maximum absolute atomic E-state index is 13.8. The first kappa shape index (κ1) is 24.8. The van der Waals surface area contributed by atoms with Gasteiger partial charge < -0.3 is 16.4 Å². The van der Waals surface area contributed by atoms with E-state index in [1.165, 1.54) is 0 Å².